The van der Waals surface area contributed by atoms with Crippen molar-refractivity contribution in [2.75, 3.05) is 118 Å². The van der Waals surface area contributed by atoms with Gasteiger partial charge in [0.05, 0.1) is 89.6 Å². The van der Waals surface area contributed by atoms with E-state index < -0.39 is 183 Å². The SMILES string of the molecule is C[C@@H]1O[C@@H](OCCNC(=O)CCCCCNC(=O)CN(CC(=O)NCCCCCNC(=O)OCc2ccccc2)CC(=O)NCCCCCC(=O)NCCCC[C@@H](C(=O)NCCO[C@@H]2O[C@@H](C)[C@@H](O)[C@@H](O)[C@@H]2O)N(CC(=O)NCCO[C@@H]2O[C@@H](C)[C@@H](O)[C@@H](O)[C@@H]2O)CC(=O)NCCO[C@@H]2O[C@@H](C)[C@@H](O)[C@@H](O)[C@@H]2O)[C@@H](O)[C@H](O)[C@@H]1O. The fourth-order valence-corrected chi connectivity index (χ4v) is 12.5. The second kappa shape index (κ2) is 53.6. The molecule has 0 aromatic heterocycles. The molecule has 4 fully saturated rings. The average Bonchev–Trinajstić information content (AvgIpc) is 0.837. The first-order valence-electron chi connectivity index (χ1n) is 39.3. The van der Waals surface area contributed by atoms with E-state index >= 15 is 0 Å². The molecular formula is C73H125N11O30. The summed E-state index contributed by atoms with van der Waals surface area (Å²) >= 11 is 0. The van der Waals surface area contributed by atoms with Crippen LogP contribution in [0.15, 0.2) is 30.3 Å². The summed E-state index contributed by atoms with van der Waals surface area (Å²) in [4.78, 5) is 122. The summed E-state index contributed by atoms with van der Waals surface area (Å²) in [5.74, 6) is -3.98. The summed E-state index contributed by atoms with van der Waals surface area (Å²) in [5.41, 5.74) is 0.851. The molecule has 4 aliphatic rings. The van der Waals surface area contributed by atoms with Crippen LogP contribution in [-0.2, 0) is 87.6 Å². The molecule has 0 radical (unpaired) electrons. The molecule has 4 heterocycles. The van der Waals surface area contributed by atoms with Crippen LogP contribution in [0.3, 0.4) is 0 Å². The summed E-state index contributed by atoms with van der Waals surface area (Å²) in [6.45, 7) is 3.93. The second-order valence-corrected chi connectivity index (χ2v) is 28.7. The Kier molecular flexibility index (Phi) is 46.1. The van der Waals surface area contributed by atoms with Gasteiger partial charge in [-0.1, -0.05) is 43.2 Å². The number of benzene rings is 1. The minimum absolute atomic E-state index is 0.00491. The number of aliphatic hydroxyl groups excluding tert-OH is 12. The van der Waals surface area contributed by atoms with Crippen molar-refractivity contribution in [3.8, 4) is 0 Å². The molecule has 0 spiro atoms. The summed E-state index contributed by atoms with van der Waals surface area (Å²) in [5, 5.41) is 147. The van der Waals surface area contributed by atoms with Gasteiger partial charge >= 0.3 is 6.09 Å². The van der Waals surface area contributed by atoms with Gasteiger partial charge in [-0.15, -0.1) is 0 Å². The van der Waals surface area contributed by atoms with Gasteiger partial charge in [-0.05, 0) is 97.5 Å². The van der Waals surface area contributed by atoms with Crippen molar-refractivity contribution < 1.29 is 147 Å². The lowest BCUT2D eigenvalue weighted by molar-refractivity contribution is -0.292. The van der Waals surface area contributed by atoms with Crippen molar-refractivity contribution >= 4 is 53.4 Å². The van der Waals surface area contributed by atoms with Crippen LogP contribution in [0.1, 0.15) is 123 Å². The highest BCUT2D eigenvalue weighted by atomic mass is 16.7. The molecular weight excluding hydrogens is 1510 g/mol. The van der Waals surface area contributed by atoms with Gasteiger partial charge in [0.2, 0.25) is 47.3 Å². The lowest BCUT2D eigenvalue weighted by Gasteiger charge is -2.39. The van der Waals surface area contributed by atoms with E-state index in [9.17, 15) is 104 Å². The Balaban J connectivity index is 1.09. The predicted molar refractivity (Wildman–Crippen MR) is 398 cm³/mol. The smallest absolute Gasteiger partial charge is 0.407 e. The molecule has 4 aliphatic heterocycles. The number of hydrogen-bond donors (Lipinski definition) is 21. The van der Waals surface area contributed by atoms with Crippen molar-refractivity contribution in [2.24, 2.45) is 0 Å². The number of carbonyl (C=O) groups excluding carboxylic acids is 9. The molecule has 41 nitrogen and oxygen atoms in total. The molecule has 21 N–H and O–H groups in total. The van der Waals surface area contributed by atoms with Crippen LogP contribution >= 0.6 is 0 Å². The highest BCUT2D eigenvalue weighted by Gasteiger charge is 2.46. The second-order valence-electron chi connectivity index (χ2n) is 28.7. The van der Waals surface area contributed by atoms with Gasteiger partial charge in [-0.2, -0.15) is 0 Å². The molecule has 21 atom stereocenters. The Morgan fingerprint density at radius 1 is 0.342 bits per heavy atom. The number of hydrogen-bond acceptors (Lipinski definition) is 32. The molecule has 1 aromatic rings. The van der Waals surface area contributed by atoms with E-state index in [1.165, 1.54) is 37.5 Å². The third kappa shape index (κ3) is 36.1. The van der Waals surface area contributed by atoms with Crippen molar-refractivity contribution in [3.05, 3.63) is 35.9 Å². The summed E-state index contributed by atoms with van der Waals surface area (Å²) < 4.78 is 49.2. The fraction of sp³-hybridized carbons (Fsp3) is 0.795. The zero-order valence-corrected chi connectivity index (χ0v) is 65.5. The number of unbranched alkanes of at least 4 members (excludes halogenated alkanes) is 7. The van der Waals surface area contributed by atoms with Crippen molar-refractivity contribution in [1.82, 2.24) is 57.7 Å². The van der Waals surface area contributed by atoms with Crippen LogP contribution in [0.4, 0.5) is 4.79 Å². The fourth-order valence-electron chi connectivity index (χ4n) is 12.5. The zero-order valence-electron chi connectivity index (χ0n) is 65.5. The highest BCUT2D eigenvalue weighted by Crippen LogP contribution is 2.26. The predicted octanol–water partition coefficient (Wildman–Crippen LogP) is -7.35. The van der Waals surface area contributed by atoms with E-state index in [1.54, 1.807) is 0 Å². The summed E-state index contributed by atoms with van der Waals surface area (Å²) in [6.07, 6.45) is -21.7. The Morgan fingerprint density at radius 2 is 0.640 bits per heavy atom. The van der Waals surface area contributed by atoms with Gasteiger partial charge < -0.3 is 152 Å². The molecule has 4 saturated heterocycles. The summed E-state index contributed by atoms with van der Waals surface area (Å²) in [6, 6.07) is 7.99. The van der Waals surface area contributed by atoms with Gasteiger partial charge in [-0.3, -0.25) is 48.2 Å². The van der Waals surface area contributed by atoms with E-state index in [2.05, 4.69) is 47.9 Å². The third-order valence-electron chi connectivity index (χ3n) is 19.3. The summed E-state index contributed by atoms with van der Waals surface area (Å²) in [7, 11) is 0. The van der Waals surface area contributed by atoms with Crippen LogP contribution in [0.2, 0.25) is 0 Å². The Labute approximate surface area is 662 Å². The minimum Gasteiger partial charge on any atom is -0.445 e. The van der Waals surface area contributed by atoms with Crippen molar-refractivity contribution in [1.29, 1.82) is 0 Å². The van der Waals surface area contributed by atoms with E-state index in [1.807, 2.05) is 30.3 Å². The number of ether oxygens (including phenoxy) is 9. The van der Waals surface area contributed by atoms with Gasteiger partial charge in [0, 0.05) is 71.7 Å². The maximum absolute atomic E-state index is 14.3. The maximum Gasteiger partial charge on any atom is 0.407 e. The Bertz CT molecular complexity index is 2950. The number of nitrogens with zero attached hydrogens (tertiary/aromatic N) is 2. The molecule has 0 saturated carbocycles. The first-order valence-corrected chi connectivity index (χ1v) is 39.3. The normalized spacial score (nSPS) is 27.8. The number of rotatable bonds is 53. The van der Waals surface area contributed by atoms with Gasteiger partial charge in [0.25, 0.3) is 0 Å². The van der Waals surface area contributed by atoms with Gasteiger partial charge in [-0.25, -0.2) is 4.79 Å². The molecule has 1 aromatic carbocycles. The van der Waals surface area contributed by atoms with Crippen LogP contribution in [0.5, 0.6) is 0 Å². The minimum atomic E-state index is -1.64. The van der Waals surface area contributed by atoms with E-state index in [-0.39, 0.29) is 136 Å². The molecule has 5 rings (SSSR count). The number of nitrogens with one attached hydrogen (secondary N) is 9. The highest BCUT2D eigenvalue weighted by molar-refractivity contribution is 5.86. The van der Waals surface area contributed by atoms with Gasteiger partial charge in [0.1, 0.15) is 79.9 Å². The van der Waals surface area contributed by atoms with Crippen LogP contribution < -0.4 is 47.9 Å². The Hall–Kier alpha value is -6.63. The Morgan fingerprint density at radius 3 is 1.01 bits per heavy atom. The molecule has 0 bridgehead atoms. The molecule has 9 amide bonds. The largest absolute Gasteiger partial charge is 0.445 e. The third-order valence-corrected chi connectivity index (χ3v) is 19.3. The van der Waals surface area contributed by atoms with Crippen molar-refractivity contribution in [3.63, 3.8) is 0 Å². The van der Waals surface area contributed by atoms with E-state index in [4.69, 9.17) is 42.6 Å². The van der Waals surface area contributed by atoms with Crippen molar-refractivity contribution in [2.45, 2.75) is 253 Å². The number of alkyl carbamates (subject to hydrolysis) is 1. The monoisotopic (exact) mass is 1640 g/mol. The molecule has 0 unspecified atom stereocenters. The van der Waals surface area contributed by atoms with Crippen LogP contribution in [0.25, 0.3) is 0 Å². The molecule has 652 valence electrons. The number of amides is 9. The average molecular weight is 1640 g/mol. The zero-order chi connectivity index (χ0) is 83.7. The maximum atomic E-state index is 14.3. The number of carbonyl (C=O) groups is 9. The lowest BCUT2D eigenvalue weighted by atomic mass is 10.0. The lowest BCUT2D eigenvalue weighted by Crippen LogP contribution is -2.58. The first-order chi connectivity index (χ1) is 54.4. The topological polar surface area (TPSA) is 594 Å². The van der Waals surface area contributed by atoms with Crippen LogP contribution in [0, 0.1) is 0 Å². The quantitative estimate of drug-likeness (QED) is 0.0269. The standard InChI is InChI=1S/C73H125N11O30/c1-43-56(92)60(96)64(100)69(111-43)106-33-29-78-50(86)23-12-7-15-25-76-52(88)38-83(39-53(89)77-26-16-8-17-28-82-73(105)110-42-47-19-9-5-10-20-47)37-51(87)75-24-14-6-11-22-49(85)74-27-18-13-21-48(68(104)81-32-36-109-72-67(103)63(99)59(95)46(4)114-72)84(40-54(90)79-30-34-107-70-65(101)61(97)57(93)44(2)112-70)41-55(91)80-31-35-108-71-66(102)62(98)58(94)45(3)113-71/h5,9-10,19-20,43-46,48,56-67,69-72,92-103H,6-8,11-18,21-42H2,1-4H3,(H,74,85)(H,75,87)(H,76,88)(H,77,89)(H,78,86)(H,79,90)(H,80,91)(H,81,104)(H,82,105)/t43-,44-,45-,46-,48-,56+,57+,58+,59+,60+,61+,62+,63+,64-,65-,66-,67-,69+,70+,71+,72+/m0/s1. The molecule has 114 heavy (non-hydrogen) atoms. The van der Waals surface area contributed by atoms with Gasteiger partial charge in [0.15, 0.2) is 25.2 Å². The van der Waals surface area contributed by atoms with E-state index in [0.29, 0.717) is 77.3 Å². The molecule has 41 heteroatoms. The molecule has 0 aliphatic carbocycles. The first kappa shape index (κ1) is 97.9. The van der Waals surface area contributed by atoms with Crippen LogP contribution in [-0.4, -0.2) is 371 Å². The van der Waals surface area contributed by atoms with E-state index in [0.717, 1.165) is 5.56 Å². The number of aliphatic hydroxyl groups is 12.